The maximum atomic E-state index is 12.6. The molecule has 1 N–H and O–H groups in total. The van der Waals surface area contributed by atoms with Gasteiger partial charge in [0, 0.05) is 5.02 Å². The quantitative estimate of drug-likeness (QED) is 0.791. The van der Waals surface area contributed by atoms with Crippen LogP contribution in [0.15, 0.2) is 18.2 Å². The molecule has 0 amide bonds. The lowest BCUT2D eigenvalue weighted by Gasteiger charge is -2.04. The molecule has 0 aliphatic carbocycles. The maximum absolute atomic E-state index is 12.6. The van der Waals surface area contributed by atoms with Crippen LogP contribution in [-0.4, -0.2) is 24.3 Å². The van der Waals surface area contributed by atoms with E-state index in [-0.39, 0.29) is 13.2 Å². The molecular formula is C10H10ClFO3. The van der Waals surface area contributed by atoms with Crippen LogP contribution in [0.2, 0.25) is 5.02 Å². The first-order valence-electron chi connectivity index (χ1n) is 4.33. The summed E-state index contributed by atoms with van der Waals surface area (Å²) in [5.74, 6) is -1.41. The highest BCUT2D eigenvalue weighted by molar-refractivity contribution is 6.31. The molecule has 15 heavy (non-hydrogen) atoms. The van der Waals surface area contributed by atoms with Gasteiger partial charge in [0.05, 0.1) is 6.61 Å². The van der Waals surface area contributed by atoms with Gasteiger partial charge in [-0.3, -0.25) is 0 Å². The molecule has 0 heterocycles. The van der Waals surface area contributed by atoms with Crippen molar-refractivity contribution < 1.29 is 19.0 Å². The van der Waals surface area contributed by atoms with Crippen molar-refractivity contribution in [3.63, 3.8) is 0 Å². The summed E-state index contributed by atoms with van der Waals surface area (Å²) in [6.07, 6.45) is 0.465. The molecule has 0 saturated carbocycles. The van der Waals surface area contributed by atoms with Crippen molar-refractivity contribution in [1.29, 1.82) is 0 Å². The monoisotopic (exact) mass is 232 g/mol. The first-order chi connectivity index (χ1) is 7.09. The van der Waals surface area contributed by atoms with Crippen LogP contribution in [0.4, 0.5) is 4.39 Å². The summed E-state index contributed by atoms with van der Waals surface area (Å²) in [6, 6.07) is 4.08. The largest absolute Gasteiger partial charge is 0.480 e. The minimum atomic E-state index is -1.01. The molecule has 0 aliphatic heterocycles. The van der Waals surface area contributed by atoms with Gasteiger partial charge < -0.3 is 9.84 Å². The second kappa shape index (κ2) is 5.68. The Morgan fingerprint density at radius 1 is 1.53 bits per heavy atom. The number of carboxylic acid groups (broad SMARTS) is 1. The lowest BCUT2D eigenvalue weighted by Crippen LogP contribution is -2.09. The molecular weight excluding hydrogens is 223 g/mol. The van der Waals surface area contributed by atoms with Crippen molar-refractivity contribution >= 4 is 17.6 Å². The number of hydrogen-bond donors (Lipinski definition) is 1. The summed E-state index contributed by atoms with van der Waals surface area (Å²) in [4.78, 5) is 10.1. The summed E-state index contributed by atoms with van der Waals surface area (Å²) in [5.41, 5.74) is 0.739. The normalized spacial score (nSPS) is 10.3. The third-order valence-corrected chi connectivity index (χ3v) is 2.11. The van der Waals surface area contributed by atoms with Gasteiger partial charge in [0.2, 0.25) is 0 Å². The van der Waals surface area contributed by atoms with Gasteiger partial charge in [0.25, 0.3) is 0 Å². The fourth-order valence-electron chi connectivity index (χ4n) is 1.07. The average Bonchev–Trinajstić information content (AvgIpc) is 2.14. The van der Waals surface area contributed by atoms with Gasteiger partial charge in [-0.25, -0.2) is 9.18 Å². The maximum Gasteiger partial charge on any atom is 0.329 e. The molecule has 0 atom stereocenters. The van der Waals surface area contributed by atoms with E-state index in [1.54, 1.807) is 6.07 Å². The third-order valence-electron chi connectivity index (χ3n) is 1.76. The van der Waals surface area contributed by atoms with Gasteiger partial charge in [0.15, 0.2) is 0 Å². The number of hydrogen-bond acceptors (Lipinski definition) is 2. The van der Waals surface area contributed by atoms with Crippen LogP contribution in [0, 0.1) is 5.82 Å². The molecule has 0 spiro atoms. The standard InChI is InChI=1S/C10H10ClFO3/c11-9-5-8(12)2-1-7(9)3-4-15-6-10(13)14/h1-2,5H,3-4,6H2,(H,13,14). The van der Waals surface area contributed by atoms with E-state index in [4.69, 9.17) is 21.4 Å². The molecule has 0 fully saturated rings. The van der Waals surface area contributed by atoms with Crippen molar-refractivity contribution in [2.75, 3.05) is 13.2 Å². The predicted octanol–water partition coefficient (Wildman–Crippen LogP) is 2.12. The van der Waals surface area contributed by atoms with E-state index in [0.717, 1.165) is 5.56 Å². The third kappa shape index (κ3) is 4.27. The number of carboxylic acids is 1. The van der Waals surface area contributed by atoms with E-state index in [9.17, 15) is 9.18 Å². The molecule has 0 aromatic heterocycles. The Balaban J connectivity index is 2.40. The number of carbonyl (C=O) groups is 1. The van der Waals surface area contributed by atoms with Crippen molar-refractivity contribution in [3.8, 4) is 0 Å². The van der Waals surface area contributed by atoms with Crippen molar-refractivity contribution in [2.45, 2.75) is 6.42 Å². The van der Waals surface area contributed by atoms with Crippen LogP contribution in [0.5, 0.6) is 0 Å². The Morgan fingerprint density at radius 3 is 2.87 bits per heavy atom. The molecule has 1 aromatic rings. The predicted molar refractivity (Wildman–Crippen MR) is 53.6 cm³/mol. The second-order valence-corrected chi connectivity index (χ2v) is 3.34. The molecule has 82 valence electrons. The summed E-state index contributed by atoms with van der Waals surface area (Å²) < 4.78 is 17.5. The number of halogens is 2. The van der Waals surface area contributed by atoms with Gasteiger partial charge in [-0.05, 0) is 24.1 Å². The SMILES string of the molecule is O=C(O)COCCc1ccc(F)cc1Cl. The molecule has 0 saturated heterocycles. The molecule has 1 rings (SSSR count). The van der Waals surface area contributed by atoms with Gasteiger partial charge >= 0.3 is 5.97 Å². The fraction of sp³-hybridized carbons (Fsp3) is 0.300. The van der Waals surface area contributed by atoms with Gasteiger partial charge in [-0.1, -0.05) is 17.7 Å². The smallest absolute Gasteiger partial charge is 0.329 e. The highest BCUT2D eigenvalue weighted by Gasteiger charge is 2.02. The molecule has 0 radical (unpaired) electrons. The van der Waals surface area contributed by atoms with Crippen LogP contribution in [-0.2, 0) is 16.0 Å². The minimum Gasteiger partial charge on any atom is -0.480 e. The van der Waals surface area contributed by atoms with E-state index < -0.39 is 11.8 Å². The molecule has 3 nitrogen and oxygen atoms in total. The molecule has 5 heteroatoms. The van der Waals surface area contributed by atoms with Crippen molar-refractivity contribution in [1.82, 2.24) is 0 Å². The number of aliphatic carboxylic acids is 1. The second-order valence-electron chi connectivity index (χ2n) is 2.93. The van der Waals surface area contributed by atoms with E-state index >= 15 is 0 Å². The van der Waals surface area contributed by atoms with E-state index in [0.29, 0.717) is 11.4 Å². The zero-order valence-electron chi connectivity index (χ0n) is 7.87. The first kappa shape index (κ1) is 11.9. The molecule has 0 unspecified atom stereocenters. The van der Waals surface area contributed by atoms with E-state index in [1.165, 1.54) is 12.1 Å². The topological polar surface area (TPSA) is 46.5 Å². The first-order valence-corrected chi connectivity index (χ1v) is 4.71. The summed E-state index contributed by atoms with van der Waals surface area (Å²) >= 11 is 5.76. The lowest BCUT2D eigenvalue weighted by molar-refractivity contribution is -0.142. The highest BCUT2D eigenvalue weighted by Crippen LogP contribution is 2.17. The Kier molecular flexibility index (Phi) is 4.52. The fourth-order valence-corrected chi connectivity index (χ4v) is 1.33. The van der Waals surface area contributed by atoms with Crippen LogP contribution < -0.4 is 0 Å². The molecule has 0 aliphatic rings. The Labute approximate surface area is 91.4 Å². The highest BCUT2D eigenvalue weighted by atomic mass is 35.5. The summed E-state index contributed by atoms with van der Waals surface area (Å²) in [7, 11) is 0. The zero-order chi connectivity index (χ0) is 11.3. The van der Waals surface area contributed by atoms with Gasteiger partial charge in [-0.15, -0.1) is 0 Å². The summed E-state index contributed by atoms with van der Waals surface area (Å²) in [6.45, 7) is -0.0868. The average molecular weight is 233 g/mol. The number of rotatable bonds is 5. The van der Waals surface area contributed by atoms with Crippen LogP contribution in [0.3, 0.4) is 0 Å². The molecule has 0 bridgehead atoms. The minimum absolute atomic E-state index is 0.248. The van der Waals surface area contributed by atoms with Crippen LogP contribution in [0.1, 0.15) is 5.56 Å². The zero-order valence-corrected chi connectivity index (χ0v) is 8.63. The Bertz CT molecular complexity index is 355. The molecule has 1 aromatic carbocycles. The van der Waals surface area contributed by atoms with Crippen molar-refractivity contribution in [3.05, 3.63) is 34.6 Å². The van der Waals surface area contributed by atoms with Crippen LogP contribution in [0.25, 0.3) is 0 Å². The van der Waals surface area contributed by atoms with E-state index in [2.05, 4.69) is 0 Å². The van der Waals surface area contributed by atoms with E-state index in [1.807, 2.05) is 0 Å². The number of benzene rings is 1. The Morgan fingerprint density at radius 2 is 2.27 bits per heavy atom. The van der Waals surface area contributed by atoms with Gasteiger partial charge in [0.1, 0.15) is 12.4 Å². The summed E-state index contributed by atoms with van der Waals surface area (Å²) in [5, 5.41) is 8.63. The number of ether oxygens (including phenoxy) is 1. The van der Waals surface area contributed by atoms with Gasteiger partial charge in [-0.2, -0.15) is 0 Å². The lowest BCUT2D eigenvalue weighted by atomic mass is 10.1. The van der Waals surface area contributed by atoms with Crippen molar-refractivity contribution in [2.24, 2.45) is 0 Å². The van der Waals surface area contributed by atoms with Crippen LogP contribution >= 0.6 is 11.6 Å². The Hall–Kier alpha value is -1.13.